The van der Waals surface area contributed by atoms with E-state index in [1.54, 1.807) is 24.9 Å². The second kappa shape index (κ2) is 6.49. The first-order chi connectivity index (χ1) is 10.3. The third-order valence-corrected chi connectivity index (χ3v) is 3.73. The van der Waals surface area contributed by atoms with E-state index in [0.717, 1.165) is 31.7 Å². The molecular formula is C15H18N4O2. The Morgan fingerprint density at radius 3 is 2.90 bits per heavy atom. The zero-order valence-corrected chi connectivity index (χ0v) is 11.7. The van der Waals surface area contributed by atoms with Crippen LogP contribution < -0.4 is 5.32 Å². The largest absolute Gasteiger partial charge is 0.469 e. The standard InChI is InChI=1S/C15H18N4O2/c20-15(18-14-10-16-5-6-17-14)11-19-7-3-12(4-8-19)13-2-1-9-21-13/h1-2,5-6,9-10,12H,3-4,7-8,11H2,(H,17,18,20). The van der Waals surface area contributed by atoms with Crippen LogP contribution in [0, 0.1) is 0 Å². The molecule has 0 bridgehead atoms. The van der Waals surface area contributed by atoms with Gasteiger partial charge in [-0.2, -0.15) is 0 Å². The molecule has 1 amide bonds. The Kier molecular flexibility index (Phi) is 4.25. The quantitative estimate of drug-likeness (QED) is 0.929. The highest BCUT2D eigenvalue weighted by Gasteiger charge is 2.23. The van der Waals surface area contributed by atoms with Gasteiger partial charge in [0.1, 0.15) is 5.76 Å². The molecule has 110 valence electrons. The molecule has 1 N–H and O–H groups in total. The summed E-state index contributed by atoms with van der Waals surface area (Å²) >= 11 is 0. The van der Waals surface area contributed by atoms with Gasteiger partial charge in [0, 0.05) is 18.3 Å². The number of aromatic nitrogens is 2. The number of hydrogen-bond acceptors (Lipinski definition) is 5. The van der Waals surface area contributed by atoms with Crippen LogP contribution >= 0.6 is 0 Å². The molecule has 0 unspecified atom stereocenters. The monoisotopic (exact) mass is 286 g/mol. The highest BCUT2D eigenvalue weighted by atomic mass is 16.3. The highest BCUT2D eigenvalue weighted by molar-refractivity contribution is 5.91. The molecule has 1 fully saturated rings. The van der Waals surface area contributed by atoms with Crippen molar-refractivity contribution in [3.63, 3.8) is 0 Å². The van der Waals surface area contributed by atoms with Gasteiger partial charge in [0.2, 0.25) is 5.91 Å². The average Bonchev–Trinajstić information content (AvgIpc) is 3.03. The maximum Gasteiger partial charge on any atom is 0.239 e. The van der Waals surface area contributed by atoms with Gasteiger partial charge < -0.3 is 9.73 Å². The first-order valence-corrected chi connectivity index (χ1v) is 7.13. The molecule has 0 aromatic carbocycles. The summed E-state index contributed by atoms with van der Waals surface area (Å²) in [6, 6.07) is 3.96. The van der Waals surface area contributed by atoms with E-state index in [4.69, 9.17) is 4.42 Å². The van der Waals surface area contributed by atoms with Crippen molar-refractivity contribution in [2.45, 2.75) is 18.8 Å². The Labute approximate surface area is 123 Å². The van der Waals surface area contributed by atoms with Gasteiger partial charge in [-0.1, -0.05) is 0 Å². The topological polar surface area (TPSA) is 71.3 Å². The van der Waals surface area contributed by atoms with E-state index in [1.807, 2.05) is 12.1 Å². The summed E-state index contributed by atoms with van der Waals surface area (Å²) < 4.78 is 5.46. The number of furan rings is 1. The van der Waals surface area contributed by atoms with Crippen LogP contribution in [0.5, 0.6) is 0 Å². The predicted molar refractivity (Wildman–Crippen MR) is 77.8 cm³/mol. The van der Waals surface area contributed by atoms with E-state index in [9.17, 15) is 4.79 Å². The van der Waals surface area contributed by atoms with Crippen molar-refractivity contribution in [3.05, 3.63) is 42.7 Å². The van der Waals surface area contributed by atoms with Crippen LogP contribution in [0.4, 0.5) is 5.82 Å². The van der Waals surface area contributed by atoms with Crippen LogP contribution in [-0.2, 0) is 4.79 Å². The van der Waals surface area contributed by atoms with Crippen LogP contribution in [0.3, 0.4) is 0 Å². The molecule has 0 saturated carbocycles. The van der Waals surface area contributed by atoms with E-state index in [-0.39, 0.29) is 5.91 Å². The minimum atomic E-state index is -0.0491. The lowest BCUT2D eigenvalue weighted by molar-refractivity contribution is -0.117. The fourth-order valence-electron chi connectivity index (χ4n) is 2.65. The molecule has 0 spiro atoms. The fraction of sp³-hybridized carbons (Fsp3) is 0.400. The molecule has 6 nitrogen and oxygen atoms in total. The predicted octanol–water partition coefficient (Wildman–Crippen LogP) is 1.89. The van der Waals surface area contributed by atoms with Crippen molar-refractivity contribution >= 4 is 11.7 Å². The molecule has 6 heteroatoms. The summed E-state index contributed by atoms with van der Waals surface area (Å²) in [5, 5.41) is 2.76. The molecule has 1 saturated heterocycles. The van der Waals surface area contributed by atoms with Gasteiger partial charge in [-0.25, -0.2) is 4.98 Å². The third-order valence-electron chi connectivity index (χ3n) is 3.73. The lowest BCUT2D eigenvalue weighted by Crippen LogP contribution is -2.38. The number of anilines is 1. The summed E-state index contributed by atoms with van der Waals surface area (Å²) in [5.41, 5.74) is 0. The number of carbonyl (C=O) groups is 1. The SMILES string of the molecule is O=C(CN1CCC(c2ccco2)CC1)Nc1cnccn1. The summed E-state index contributed by atoms with van der Waals surface area (Å²) in [7, 11) is 0. The van der Waals surface area contributed by atoms with E-state index in [2.05, 4.69) is 20.2 Å². The summed E-state index contributed by atoms with van der Waals surface area (Å²) in [4.78, 5) is 22.1. The molecular weight excluding hydrogens is 268 g/mol. The molecule has 2 aromatic rings. The van der Waals surface area contributed by atoms with Crippen molar-refractivity contribution in [1.82, 2.24) is 14.9 Å². The van der Waals surface area contributed by atoms with Gasteiger partial charge in [0.05, 0.1) is 19.0 Å². The number of likely N-dealkylation sites (tertiary alicyclic amines) is 1. The molecule has 0 atom stereocenters. The minimum absolute atomic E-state index is 0.0491. The Bertz CT molecular complexity index is 563. The number of carbonyl (C=O) groups excluding carboxylic acids is 1. The van der Waals surface area contributed by atoms with Gasteiger partial charge in [-0.3, -0.25) is 14.7 Å². The van der Waals surface area contributed by atoms with Crippen LogP contribution in [0.2, 0.25) is 0 Å². The van der Waals surface area contributed by atoms with Gasteiger partial charge in [0.25, 0.3) is 0 Å². The Hall–Kier alpha value is -2.21. The van der Waals surface area contributed by atoms with E-state index in [0.29, 0.717) is 18.3 Å². The first kappa shape index (κ1) is 13.8. The molecule has 2 aromatic heterocycles. The highest BCUT2D eigenvalue weighted by Crippen LogP contribution is 2.27. The summed E-state index contributed by atoms with van der Waals surface area (Å²) in [5.74, 6) is 1.97. The molecule has 0 radical (unpaired) electrons. The summed E-state index contributed by atoms with van der Waals surface area (Å²) in [6.07, 6.45) is 8.44. The van der Waals surface area contributed by atoms with E-state index in [1.165, 1.54) is 0 Å². The Balaban J connectivity index is 1.46. The number of nitrogens with one attached hydrogen (secondary N) is 1. The lowest BCUT2D eigenvalue weighted by Gasteiger charge is -2.30. The second-order valence-corrected chi connectivity index (χ2v) is 5.20. The van der Waals surface area contributed by atoms with Crippen LogP contribution in [0.1, 0.15) is 24.5 Å². The Morgan fingerprint density at radius 1 is 1.38 bits per heavy atom. The van der Waals surface area contributed by atoms with E-state index < -0.39 is 0 Å². The molecule has 1 aliphatic heterocycles. The number of piperidine rings is 1. The lowest BCUT2D eigenvalue weighted by atomic mass is 9.94. The minimum Gasteiger partial charge on any atom is -0.469 e. The molecule has 1 aliphatic rings. The van der Waals surface area contributed by atoms with Gasteiger partial charge >= 0.3 is 0 Å². The first-order valence-electron chi connectivity index (χ1n) is 7.13. The van der Waals surface area contributed by atoms with Crippen LogP contribution in [0.15, 0.2) is 41.4 Å². The third kappa shape index (κ3) is 3.66. The van der Waals surface area contributed by atoms with Crippen molar-refractivity contribution in [2.24, 2.45) is 0 Å². The van der Waals surface area contributed by atoms with Gasteiger partial charge in [-0.05, 0) is 38.1 Å². The van der Waals surface area contributed by atoms with Crippen molar-refractivity contribution in [3.8, 4) is 0 Å². The number of rotatable bonds is 4. The van der Waals surface area contributed by atoms with Gasteiger partial charge in [0.15, 0.2) is 5.82 Å². The second-order valence-electron chi connectivity index (χ2n) is 5.20. The van der Waals surface area contributed by atoms with Crippen LogP contribution in [0.25, 0.3) is 0 Å². The van der Waals surface area contributed by atoms with Crippen molar-refractivity contribution < 1.29 is 9.21 Å². The fourth-order valence-corrected chi connectivity index (χ4v) is 2.65. The zero-order chi connectivity index (χ0) is 14.5. The maximum absolute atomic E-state index is 12.0. The van der Waals surface area contributed by atoms with Gasteiger partial charge in [-0.15, -0.1) is 0 Å². The van der Waals surface area contributed by atoms with Crippen molar-refractivity contribution in [2.75, 3.05) is 25.0 Å². The number of amides is 1. The van der Waals surface area contributed by atoms with Crippen molar-refractivity contribution in [1.29, 1.82) is 0 Å². The zero-order valence-electron chi connectivity index (χ0n) is 11.7. The maximum atomic E-state index is 12.0. The molecule has 3 heterocycles. The average molecular weight is 286 g/mol. The van der Waals surface area contributed by atoms with E-state index >= 15 is 0 Å². The number of hydrogen-bond donors (Lipinski definition) is 1. The molecule has 3 rings (SSSR count). The van der Waals surface area contributed by atoms with Crippen LogP contribution in [-0.4, -0.2) is 40.4 Å². The molecule has 21 heavy (non-hydrogen) atoms. The smallest absolute Gasteiger partial charge is 0.239 e. The normalized spacial score (nSPS) is 16.8. The summed E-state index contributed by atoms with van der Waals surface area (Å²) in [6.45, 7) is 2.19. The molecule has 0 aliphatic carbocycles. The Morgan fingerprint density at radius 2 is 2.24 bits per heavy atom. The number of nitrogens with zero attached hydrogens (tertiary/aromatic N) is 3.